The van der Waals surface area contributed by atoms with Crippen molar-refractivity contribution in [1.29, 1.82) is 0 Å². The first-order chi connectivity index (χ1) is 14.4. The van der Waals surface area contributed by atoms with Gasteiger partial charge in [0.15, 0.2) is 0 Å². The lowest BCUT2D eigenvalue weighted by Gasteiger charge is -2.24. The van der Waals surface area contributed by atoms with E-state index in [0.717, 1.165) is 5.56 Å². The molecule has 0 aliphatic rings. The molecule has 2 unspecified atom stereocenters. The fraction of sp³-hybridized carbons (Fsp3) is 0.545. The molecule has 0 aliphatic carbocycles. The van der Waals surface area contributed by atoms with Crippen molar-refractivity contribution in [3.63, 3.8) is 0 Å². The van der Waals surface area contributed by atoms with Crippen LogP contribution in [-0.2, 0) is 30.5 Å². The molecule has 0 saturated heterocycles. The number of carbonyl (C=O) groups excluding carboxylic acids is 3. The maximum atomic E-state index is 12.6. The van der Waals surface area contributed by atoms with Crippen molar-refractivity contribution in [2.45, 2.75) is 71.8 Å². The van der Waals surface area contributed by atoms with Crippen molar-refractivity contribution < 1.29 is 33.8 Å². The van der Waals surface area contributed by atoms with Gasteiger partial charge in [0.1, 0.15) is 24.3 Å². The molecule has 3 N–H and O–H groups in total. The Labute approximate surface area is 182 Å². The maximum absolute atomic E-state index is 12.6. The Kier molecular flexibility index (Phi) is 9.98. The van der Waals surface area contributed by atoms with Gasteiger partial charge < -0.3 is 25.2 Å². The van der Waals surface area contributed by atoms with Gasteiger partial charge in [-0.25, -0.2) is 9.59 Å². The lowest BCUT2D eigenvalue weighted by molar-refractivity contribution is -0.155. The minimum Gasteiger partial charge on any atom is -0.480 e. The first-order valence-corrected chi connectivity index (χ1v) is 10.1. The summed E-state index contributed by atoms with van der Waals surface area (Å²) in [7, 11) is 0. The van der Waals surface area contributed by atoms with E-state index in [1.807, 2.05) is 18.2 Å². The molecular weight excluding hydrogens is 404 g/mol. The van der Waals surface area contributed by atoms with Crippen molar-refractivity contribution in [2.75, 3.05) is 0 Å². The number of rotatable bonds is 10. The number of ether oxygens (including phenoxy) is 2. The molecule has 1 aromatic rings. The number of carboxylic acids is 1. The second-order valence-corrected chi connectivity index (χ2v) is 8.45. The summed E-state index contributed by atoms with van der Waals surface area (Å²) in [5.74, 6) is -2.85. The lowest BCUT2D eigenvalue weighted by Crippen LogP contribution is -2.53. The van der Waals surface area contributed by atoms with E-state index in [1.165, 1.54) is 0 Å². The standard InChI is InChI=1S/C22H32N2O7/c1-14(2)18(24-21(29)30-13-15-9-7-6-8-10-15)19(26)23-16(20(27)28)11-12-17(25)31-22(3,4)5/h6-10,14,16,18H,11-13H2,1-5H3,(H,23,26)(H,24,29)(H,27,28). The fourth-order valence-corrected chi connectivity index (χ4v) is 2.60. The van der Waals surface area contributed by atoms with Crippen LogP contribution in [0.1, 0.15) is 53.0 Å². The smallest absolute Gasteiger partial charge is 0.408 e. The van der Waals surface area contributed by atoms with Crippen molar-refractivity contribution in [3.05, 3.63) is 35.9 Å². The van der Waals surface area contributed by atoms with Crippen LogP contribution in [-0.4, -0.2) is 46.7 Å². The number of hydrogen-bond donors (Lipinski definition) is 3. The first-order valence-electron chi connectivity index (χ1n) is 10.1. The van der Waals surface area contributed by atoms with Gasteiger partial charge in [-0.05, 0) is 38.7 Å². The van der Waals surface area contributed by atoms with Crippen molar-refractivity contribution in [3.8, 4) is 0 Å². The summed E-state index contributed by atoms with van der Waals surface area (Å²) < 4.78 is 10.3. The number of nitrogens with one attached hydrogen (secondary N) is 2. The summed E-state index contributed by atoms with van der Waals surface area (Å²) in [5, 5.41) is 14.2. The summed E-state index contributed by atoms with van der Waals surface area (Å²) in [6.07, 6.45) is -1.11. The molecule has 0 aliphatic heterocycles. The zero-order valence-corrected chi connectivity index (χ0v) is 18.6. The normalized spacial score (nSPS) is 13.1. The van der Waals surface area contributed by atoms with Crippen LogP contribution in [0.25, 0.3) is 0 Å². The Balaban J connectivity index is 2.65. The quantitative estimate of drug-likeness (QED) is 0.481. The second-order valence-electron chi connectivity index (χ2n) is 8.45. The Hall–Kier alpha value is -3.10. The van der Waals surface area contributed by atoms with Crippen molar-refractivity contribution >= 4 is 23.9 Å². The van der Waals surface area contributed by atoms with E-state index in [1.54, 1.807) is 46.8 Å². The molecule has 0 heterocycles. The summed E-state index contributed by atoms with van der Waals surface area (Å²) in [4.78, 5) is 48.1. The number of amides is 2. The van der Waals surface area contributed by atoms with Crippen LogP contribution in [0.15, 0.2) is 30.3 Å². The Morgan fingerprint density at radius 2 is 1.65 bits per heavy atom. The topological polar surface area (TPSA) is 131 Å². The van der Waals surface area contributed by atoms with Crippen LogP contribution in [0, 0.1) is 5.92 Å². The molecule has 1 aromatic carbocycles. The van der Waals surface area contributed by atoms with Gasteiger partial charge in [-0.3, -0.25) is 9.59 Å². The minimum atomic E-state index is -1.30. The number of esters is 1. The zero-order valence-electron chi connectivity index (χ0n) is 18.6. The Morgan fingerprint density at radius 3 is 2.16 bits per heavy atom. The molecule has 9 nitrogen and oxygen atoms in total. The highest BCUT2D eigenvalue weighted by Crippen LogP contribution is 2.11. The number of carboxylic acid groups (broad SMARTS) is 1. The van der Waals surface area contributed by atoms with E-state index in [0.29, 0.717) is 0 Å². The van der Waals surface area contributed by atoms with Gasteiger partial charge in [0.05, 0.1) is 0 Å². The molecule has 0 fully saturated rings. The molecule has 0 bridgehead atoms. The van der Waals surface area contributed by atoms with Crippen LogP contribution >= 0.6 is 0 Å². The third-order valence-corrected chi connectivity index (χ3v) is 4.11. The zero-order chi connectivity index (χ0) is 23.6. The molecule has 0 saturated carbocycles. The van der Waals surface area contributed by atoms with Gasteiger partial charge in [-0.1, -0.05) is 44.2 Å². The molecule has 1 rings (SSSR count). The number of benzene rings is 1. The number of alkyl carbamates (subject to hydrolysis) is 1. The predicted molar refractivity (Wildman–Crippen MR) is 113 cm³/mol. The molecule has 2 atom stereocenters. The molecule has 2 amide bonds. The van der Waals surface area contributed by atoms with Gasteiger partial charge in [0, 0.05) is 6.42 Å². The number of hydrogen-bond acceptors (Lipinski definition) is 6. The SMILES string of the molecule is CC(C)C(NC(=O)OCc1ccccc1)C(=O)NC(CCC(=O)OC(C)(C)C)C(=O)O. The van der Waals surface area contributed by atoms with E-state index < -0.39 is 41.6 Å². The molecule has 0 radical (unpaired) electrons. The molecule has 0 spiro atoms. The molecular formula is C22H32N2O7. The molecule has 9 heteroatoms. The van der Waals surface area contributed by atoms with Gasteiger partial charge in [0.2, 0.25) is 5.91 Å². The number of carbonyl (C=O) groups is 4. The summed E-state index contributed by atoms with van der Waals surface area (Å²) in [6.45, 7) is 8.56. The first kappa shape index (κ1) is 25.9. The average Bonchev–Trinajstić information content (AvgIpc) is 2.66. The highest BCUT2D eigenvalue weighted by Gasteiger charge is 2.30. The van der Waals surface area contributed by atoms with Crippen LogP contribution in [0.3, 0.4) is 0 Å². The maximum Gasteiger partial charge on any atom is 0.408 e. The van der Waals surface area contributed by atoms with Gasteiger partial charge in [-0.2, -0.15) is 0 Å². The van der Waals surface area contributed by atoms with Crippen LogP contribution < -0.4 is 10.6 Å². The van der Waals surface area contributed by atoms with Gasteiger partial charge in [0.25, 0.3) is 0 Å². The Morgan fingerprint density at radius 1 is 1.03 bits per heavy atom. The number of aliphatic carboxylic acids is 1. The fourth-order valence-electron chi connectivity index (χ4n) is 2.60. The highest BCUT2D eigenvalue weighted by molar-refractivity contribution is 5.89. The summed E-state index contributed by atoms with van der Waals surface area (Å²) >= 11 is 0. The average molecular weight is 437 g/mol. The van der Waals surface area contributed by atoms with Crippen molar-refractivity contribution in [2.24, 2.45) is 5.92 Å². The largest absolute Gasteiger partial charge is 0.480 e. The van der Waals surface area contributed by atoms with E-state index in [-0.39, 0.29) is 25.4 Å². The Bertz CT molecular complexity index is 757. The van der Waals surface area contributed by atoms with E-state index >= 15 is 0 Å². The predicted octanol–water partition coefficient (Wildman–Crippen LogP) is 2.63. The van der Waals surface area contributed by atoms with Gasteiger partial charge in [-0.15, -0.1) is 0 Å². The summed E-state index contributed by atoms with van der Waals surface area (Å²) in [5.41, 5.74) is 0.0996. The van der Waals surface area contributed by atoms with Crippen LogP contribution in [0.2, 0.25) is 0 Å². The van der Waals surface area contributed by atoms with Crippen LogP contribution in [0.4, 0.5) is 4.79 Å². The van der Waals surface area contributed by atoms with E-state index in [2.05, 4.69) is 10.6 Å². The van der Waals surface area contributed by atoms with Crippen LogP contribution in [0.5, 0.6) is 0 Å². The van der Waals surface area contributed by atoms with Gasteiger partial charge >= 0.3 is 18.0 Å². The highest BCUT2D eigenvalue weighted by atomic mass is 16.6. The van der Waals surface area contributed by atoms with Crippen molar-refractivity contribution in [1.82, 2.24) is 10.6 Å². The van der Waals surface area contributed by atoms with E-state index in [9.17, 15) is 24.3 Å². The minimum absolute atomic E-state index is 0.0345. The monoisotopic (exact) mass is 436 g/mol. The third-order valence-electron chi connectivity index (χ3n) is 4.11. The molecule has 172 valence electrons. The second kappa shape index (κ2) is 11.9. The summed E-state index contributed by atoms with van der Waals surface area (Å²) in [6, 6.07) is 6.73. The molecule has 31 heavy (non-hydrogen) atoms. The third kappa shape index (κ3) is 10.5. The molecule has 0 aromatic heterocycles. The van der Waals surface area contributed by atoms with E-state index in [4.69, 9.17) is 9.47 Å². The lowest BCUT2D eigenvalue weighted by atomic mass is 10.0.